The average Bonchev–Trinajstić information content (AvgIpc) is 2.50. The van der Waals surface area contributed by atoms with E-state index in [9.17, 15) is 20.1 Å². The predicted octanol–water partition coefficient (Wildman–Crippen LogP) is -0.853. The molecule has 0 bridgehead atoms. The van der Waals surface area contributed by atoms with Crippen LogP contribution < -0.4 is 5.32 Å². The average molecular weight is 311 g/mol. The van der Waals surface area contributed by atoms with Crippen LogP contribution in [0.4, 0.5) is 0 Å². The Balaban J connectivity index is 2.10. The summed E-state index contributed by atoms with van der Waals surface area (Å²) >= 11 is 0. The van der Waals surface area contributed by atoms with Crippen molar-refractivity contribution >= 4 is 5.91 Å². The van der Waals surface area contributed by atoms with E-state index in [1.807, 2.05) is 30.3 Å². The van der Waals surface area contributed by atoms with Crippen LogP contribution >= 0.6 is 0 Å². The van der Waals surface area contributed by atoms with Crippen LogP contribution in [0, 0.1) is 0 Å². The number of rotatable bonds is 5. The minimum absolute atomic E-state index is 0.198. The van der Waals surface area contributed by atoms with Crippen LogP contribution in [0.15, 0.2) is 30.3 Å². The number of hydrogen-bond donors (Lipinski definition) is 4. The minimum Gasteiger partial charge on any atom is -0.394 e. The van der Waals surface area contributed by atoms with Crippen LogP contribution in [0.1, 0.15) is 12.5 Å². The molecule has 1 aliphatic rings. The van der Waals surface area contributed by atoms with Crippen LogP contribution in [0.2, 0.25) is 0 Å². The molecule has 1 heterocycles. The van der Waals surface area contributed by atoms with Crippen molar-refractivity contribution in [1.82, 2.24) is 5.32 Å². The molecule has 1 fully saturated rings. The summed E-state index contributed by atoms with van der Waals surface area (Å²) in [5, 5.41) is 31.9. The van der Waals surface area contributed by atoms with Gasteiger partial charge in [0.1, 0.15) is 24.4 Å². The molecule has 0 aromatic heterocycles. The van der Waals surface area contributed by atoms with Gasteiger partial charge in [-0.3, -0.25) is 4.79 Å². The molecule has 0 radical (unpaired) electrons. The smallest absolute Gasteiger partial charge is 0.217 e. The van der Waals surface area contributed by atoms with Crippen LogP contribution in [-0.2, 0) is 20.9 Å². The summed E-state index contributed by atoms with van der Waals surface area (Å²) in [5.41, 5.74) is 0.887. The van der Waals surface area contributed by atoms with Gasteiger partial charge in [-0.25, -0.2) is 0 Å². The van der Waals surface area contributed by atoms with Gasteiger partial charge in [0.15, 0.2) is 6.29 Å². The number of hydrogen-bond acceptors (Lipinski definition) is 6. The molecular formula is C15H21NO6. The summed E-state index contributed by atoms with van der Waals surface area (Å²) in [6.45, 7) is 1.03. The number of carbonyl (C=O) groups excluding carboxylic acids is 1. The first-order valence-electron chi connectivity index (χ1n) is 7.08. The Hall–Kier alpha value is -1.51. The van der Waals surface area contributed by atoms with E-state index in [0.29, 0.717) is 0 Å². The van der Waals surface area contributed by atoms with Gasteiger partial charge >= 0.3 is 0 Å². The molecule has 1 aromatic rings. The molecule has 1 aliphatic heterocycles. The summed E-state index contributed by atoms with van der Waals surface area (Å²) in [6, 6.07) is 8.39. The van der Waals surface area contributed by atoms with E-state index in [2.05, 4.69) is 5.32 Å². The third-order valence-electron chi connectivity index (χ3n) is 3.53. The zero-order valence-corrected chi connectivity index (χ0v) is 12.3. The Labute approximate surface area is 128 Å². The van der Waals surface area contributed by atoms with E-state index in [1.165, 1.54) is 6.92 Å². The summed E-state index contributed by atoms with van der Waals surface area (Å²) in [4.78, 5) is 11.3. The van der Waals surface area contributed by atoms with Crippen molar-refractivity contribution in [3.63, 3.8) is 0 Å². The molecule has 0 aliphatic carbocycles. The predicted molar refractivity (Wildman–Crippen MR) is 76.6 cm³/mol. The monoisotopic (exact) mass is 311 g/mol. The molecule has 0 unspecified atom stereocenters. The molecule has 22 heavy (non-hydrogen) atoms. The van der Waals surface area contributed by atoms with Crippen LogP contribution in [0.5, 0.6) is 0 Å². The lowest BCUT2D eigenvalue weighted by molar-refractivity contribution is -0.263. The van der Waals surface area contributed by atoms with Gasteiger partial charge in [0, 0.05) is 6.92 Å². The molecule has 1 saturated heterocycles. The SMILES string of the molecule is CC(=O)N[C@@H]1[C@H](OCc2ccccc2)[C@H](O)[C@H](CO)O[C@@H]1O. The van der Waals surface area contributed by atoms with E-state index < -0.39 is 37.3 Å². The van der Waals surface area contributed by atoms with Gasteiger partial charge < -0.3 is 30.1 Å². The molecule has 4 N–H and O–H groups in total. The first-order valence-corrected chi connectivity index (χ1v) is 7.08. The number of benzene rings is 1. The lowest BCUT2D eigenvalue weighted by atomic mass is 9.96. The fraction of sp³-hybridized carbons (Fsp3) is 0.533. The van der Waals surface area contributed by atoms with E-state index in [4.69, 9.17) is 9.47 Å². The molecule has 122 valence electrons. The fourth-order valence-electron chi connectivity index (χ4n) is 2.44. The Morgan fingerprint density at radius 3 is 2.59 bits per heavy atom. The van der Waals surface area contributed by atoms with Crippen LogP contribution in [-0.4, -0.2) is 58.5 Å². The van der Waals surface area contributed by atoms with Gasteiger partial charge in [-0.1, -0.05) is 30.3 Å². The normalized spacial score (nSPS) is 31.7. The Morgan fingerprint density at radius 1 is 1.32 bits per heavy atom. The minimum atomic E-state index is -1.37. The summed E-state index contributed by atoms with van der Waals surface area (Å²) < 4.78 is 10.8. The highest BCUT2D eigenvalue weighted by molar-refractivity contribution is 5.73. The van der Waals surface area contributed by atoms with Crippen molar-refractivity contribution in [3.05, 3.63) is 35.9 Å². The van der Waals surface area contributed by atoms with Crippen molar-refractivity contribution in [3.8, 4) is 0 Å². The maximum atomic E-state index is 11.3. The molecular weight excluding hydrogens is 290 g/mol. The lowest BCUT2D eigenvalue weighted by Crippen LogP contribution is -2.64. The van der Waals surface area contributed by atoms with Gasteiger partial charge in [0.25, 0.3) is 0 Å². The second kappa shape index (κ2) is 7.66. The number of aliphatic hydroxyl groups excluding tert-OH is 3. The first-order chi connectivity index (χ1) is 10.5. The van der Waals surface area contributed by atoms with E-state index in [0.717, 1.165) is 5.56 Å². The maximum absolute atomic E-state index is 11.3. The highest BCUT2D eigenvalue weighted by Gasteiger charge is 2.45. The van der Waals surface area contributed by atoms with Crippen molar-refractivity contribution in [2.24, 2.45) is 0 Å². The fourth-order valence-corrected chi connectivity index (χ4v) is 2.44. The Morgan fingerprint density at radius 2 is 2.00 bits per heavy atom. The molecule has 0 saturated carbocycles. The molecule has 5 atom stereocenters. The summed E-state index contributed by atoms with van der Waals surface area (Å²) in [7, 11) is 0. The zero-order chi connectivity index (χ0) is 16.1. The van der Waals surface area contributed by atoms with Crippen molar-refractivity contribution in [1.29, 1.82) is 0 Å². The molecule has 1 aromatic carbocycles. The number of amides is 1. The second-order valence-corrected chi connectivity index (χ2v) is 5.23. The molecule has 7 nitrogen and oxygen atoms in total. The topological polar surface area (TPSA) is 108 Å². The highest BCUT2D eigenvalue weighted by Crippen LogP contribution is 2.23. The van der Waals surface area contributed by atoms with Crippen LogP contribution in [0.3, 0.4) is 0 Å². The van der Waals surface area contributed by atoms with Crippen molar-refractivity contribution in [2.45, 2.75) is 44.2 Å². The third-order valence-corrected chi connectivity index (χ3v) is 3.53. The zero-order valence-electron chi connectivity index (χ0n) is 12.3. The summed E-state index contributed by atoms with van der Waals surface area (Å²) in [6.07, 6.45) is -4.41. The standard InChI is InChI=1S/C15H21NO6/c1-9(18)16-12-14(13(19)11(7-17)22-15(12)20)21-8-10-5-3-2-4-6-10/h2-6,11-15,17,19-20H,7-8H2,1H3,(H,16,18)/t11-,12+,13+,14-,15-/m0/s1. The number of ether oxygens (including phenoxy) is 2. The van der Waals surface area contributed by atoms with Gasteiger partial charge in [-0.2, -0.15) is 0 Å². The van der Waals surface area contributed by atoms with E-state index in [-0.39, 0.29) is 12.5 Å². The van der Waals surface area contributed by atoms with Crippen LogP contribution in [0.25, 0.3) is 0 Å². The first kappa shape index (κ1) is 16.9. The quantitative estimate of drug-likeness (QED) is 0.564. The van der Waals surface area contributed by atoms with Crippen molar-refractivity contribution in [2.75, 3.05) is 6.61 Å². The van der Waals surface area contributed by atoms with Crippen molar-refractivity contribution < 1.29 is 29.6 Å². The van der Waals surface area contributed by atoms with Gasteiger partial charge in [-0.15, -0.1) is 0 Å². The lowest BCUT2D eigenvalue weighted by Gasteiger charge is -2.42. The van der Waals surface area contributed by atoms with Gasteiger partial charge in [0.05, 0.1) is 13.2 Å². The number of carbonyl (C=O) groups is 1. The Bertz CT molecular complexity index is 482. The Kier molecular flexibility index (Phi) is 5.87. The molecule has 1 amide bonds. The van der Waals surface area contributed by atoms with E-state index >= 15 is 0 Å². The highest BCUT2D eigenvalue weighted by atomic mass is 16.6. The number of aliphatic hydroxyl groups is 3. The third kappa shape index (κ3) is 4.02. The maximum Gasteiger partial charge on any atom is 0.217 e. The largest absolute Gasteiger partial charge is 0.394 e. The number of nitrogens with one attached hydrogen (secondary N) is 1. The molecule has 2 rings (SSSR count). The van der Waals surface area contributed by atoms with Gasteiger partial charge in [-0.05, 0) is 5.56 Å². The second-order valence-electron chi connectivity index (χ2n) is 5.23. The van der Waals surface area contributed by atoms with Gasteiger partial charge in [0.2, 0.25) is 5.91 Å². The molecule has 0 spiro atoms. The summed E-state index contributed by atoms with van der Waals surface area (Å²) in [5.74, 6) is -0.379. The molecule has 7 heteroatoms. The van der Waals surface area contributed by atoms with E-state index in [1.54, 1.807) is 0 Å².